The normalized spacial score (nSPS) is 15.4. The van der Waals surface area contributed by atoms with Crippen molar-refractivity contribution in [3.63, 3.8) is 0 Å². The number of allylic oxidation sites excluding steroid dienone is 1. The first-order chi connectivity index (χ1) is 27.0. The number of imide groups is 1. The van der Waals surface area contributed by atoms with E-state index in [1.165, 1.54) is 4.57 Å². The van der Waals surface area contributed by atoms with E-state index in [1.807, 2.05) is 24.3 Å². The molecule has 0 bridgehead atoms. The summed E-state index contributed by atoms with van der Waals surface area (Å²) in [6.07, 6.45) is 12.5. The topological polar surface area (TPSA) is 166 Å². The number of unbranched alkanes of at least 4 members (excludes halogenated alkanes) is 6. The van der Waals surface area contributed by atoms with Gasteiger partial charge in [0.05, 0.1) is 38.1 Å². The maximum Gasteiger partial charge on any atom is 0.276 e. The van der Waals surface area contributed by atoms with Gasteiger partial charge in [0.1, 0.15) is 23.1 Å². The summed E-state index contributed by atoms with van der Waals surface area (Å²) < 4.78 is 14.6. The van der Waals surface area contributed by atoms with Crippen molar-refractivity contribution in [3.8, 4) is 22.6 Å². The number of aromatic nitrogens is 3. The molecule has 2 aromatic carbocycles. The standard InChI is InChI=1S/C42H51N7O7/c1-26-14-17-34(39(51)46-26)49-40(52)29-16-15-27(19-30(29)41(49)53)13-11-9-7-6-8-10-12-18-44-37(50)24-43-22-32-35(55-4)20-28(21-36(32)56-5)33-25-47(2)42(54)38-31(33)23-45-48(38)3/h15-16,19-21,23,25,34,43H,1,6-14,17-18,22,24H2,2-5H3,(H,44,50)(H,46,51). The number of hydrogen-bond donors (Lipinski definition) is 3. The molecule has 4 heterocycles. The number of pyridine rings is 1. The Balaban J connectivity index is 0.867. The Morgan fingerprint density at radius 1 is 0.911 bits per heavy atom. The van der Waals surface area contributed by atoms with Gasteiger partial charge in [0.15, 0.2) is 0 Å². The molecule has 3 N–H and O–H groups in total. The van der Waals surface area contributed by atoms with E-state index in [4.69, 9.17) is 9.47 Å². The van der Waals surface area contributed by atoms with Crippen LogP contribution in [-0.2, 0) is 36.6 Å². The van der Waals surface area contributed by atoms with Gasteiger partial charge in [0.2, 0.25) is 11.8 Å². The maximum atomic E-state index is 13.1. The molecule has 4 aromatic rings. The molecular formula is C42H51N7O7. The number of carbonyl (C=O) groups is 4. The highest BCUT2D eigenvalue weighted by Crippen LogP contribution is 2.37. The lowest BCUT2D eigenvalue weighted by molar-refractivity contribution is -0.125. The van der Waals surface area contributed by atoms with Crippen LogP contribution in [0.1, 0.15) is 89.6 Å². The van der Waals surface area contributed by atoms with Gasteiger partial charge < -0.3 is 30.0 Å². The fraction of sp³-hybridized carbons (Fsp3) is 0.429. The number of hydrogen-bond acceptors (Lipinski definition) is 9. The molecule has 56 heavy (non-hydrogen) atoms. The van der Waals surface area contributed by atoms with E-state index in [0.29, 0.717) is 59.8 Å². The van der Waals surface area contributed by atoms with Crippen molar-refractivity contribution in [3.05, 3.63) is 87.6 Å². The highest BCUT2D eigenvalue weighted by atomic mass is 16.5. The van der Waals surface area contributed by atoms with Crippen molar-refractivity contribution in [2.24, 2.45) is 14.1 Å². The second-order valence-corrected chi connectivity index (χ2v) is 14.5. The van der Waals surface area contributed by atoms with Crippen molar-refractivity contribution in [1.82, 2.24) is 35.2 Å². The van der Waals surface area contributed by atoms with Gasteiger partial charge in [-0.15, -0.1) is 0 Å². The van der Waals surface area contributed by atoms with E-state index in [9.17, 15) is 24.0 Å². The third-order valence-electron chi connectivity index (χ3n) is 10.7. The van der Waals surface area contributed by atoms with Gasteiger partial charge in [-0.25, -0.2) is 0 Å². The predicted molar refractivity (Wildman–Crippen MR) is 212 cm³/mol. The SMILES string of the molecule is C=C1CCC(N2C(=O)c3ccc(CCCCCCCCCNC(=O)CNCc4c(OC)cc(-c5cn(C)c(=O)c6c5cnn6C)cc4OC)cc3C2=O)C(=O)N1. The van der Waals surface area contributed by atoms with Crippen molar-refractivity contribution >= 4 is 34.5 Å². The van der Waals surface area contributed by atoms with Gasteiger partial charge in [-0.1, -0.05) is 44.7 Å². The van der Waals surface area contributed by atoms with Crippen LogP contribution in [0.15, 0.2) is 59.8 Å². The highest BCUT2D eigenvalue weighted by Gasteiger charge is 2.44. The van der Waals surface area contributed by atoms with Crippen LogP contribution in [0, 0.1) is 0 Å². The summed E-state index contributed by atoms with van der Waals surface area (Å²) in [5.41, 5.74) is 5.16. The Kier molecular flexibility index (Phi) is 12.7. The Hall–Kier alpha value is -5.76. The smallest absolute Gasteiger partial charge is 0.276 e. The van der Waals surface area contributed by atoms with E-state index >= 15 is 0 Å². The first-order valence-corrected chi connectivity index (χ1v) is 19.3. The van der Waals surface area contributed by atoms with Crippen LogP contribution in [0.5, 0.6) is 11.5 Å². The minimum atomic E-state index is -0.803. The quantitative estimate of drug-likeness (QED) is 0.0976. The molecule has 0 spiro atoms. The lowest BCUT2D eigenvalue weighted by atomic mass is 10.0. The van der Waals surface area contributed by atoms with Crippen LogP contribution in [-0.4, -0.2) is 76.2 Å². The van der Waals surface area contributed by atoms with E-state index < -0.39 is 17.9 Å². The molecule has 14 nitrogen and oxygen atoms in total. The molecule has 6 rings (SSSR count). The fourth-order valence-electron chi connectivity index (χ4n) is 7.60. The number of amides is 4. The summed E-state index contributed by atoms with van der Waals surface area (Å²) in [6, 6.07) is 8.43. The third kappa shape index (κ3) is 8.55. The average Bonchev–Trinajstić information content (AvgIpc) is 3.69. The Morgan fingerprint density at radius 2 is 1.59 bits per heavy atom. The molecular weight excluding hydrogens is 715 g/mol. The lowest BCUT2D eigenvalue weighted by Crippen LogP contribution is -2.51. The third-order valence-corrected chi connectivity index (χ3v) is 10.7. The zero-order valence-electron chi connectivity index (χ0n) is 32.7. The zero-order valence-corrected chi connectivity index (χ0v) is 32.7. The molecule has 4 amide bonds. The Labute approximate surface area is 326 Å². The Morgan fingerprint density at radius 3 is 2.29 bits per heavy atom. The van der Waals surface area contributed by atoms with E-state index in [1.54, 1.807) is 51.5 Å². The summed E-state index contributed by atoms with van der Waals surface area (Å²) in [6.45, 7) is 4.89. The van der Waals surface area contributed by atoms with Crippen LogP contribution in [0.3, 0.4) is 0 Å². The van der Waals surface area contributed by atoms with Crippen LogP contribution in [0.25, 0.3) is 22.0 Å². The second-order valence-electron chi connectivity index (χ2n) is 14.5. The molecule has 0 radical (unpaired) electrons. The maximum absolute atomic E-state index is 13.1. The molecule has 1 unspecified atom stereocenters. The number of methoxy groups -OCH3 is 2. The number of piperidine rings is 1. The molecule has 1 saturated heterocycles. The summed E-state index contributed by atoms with van der Waals surface area (Å²) >= 11 is 0. The Bertz CT molecular complexity index is 2200. The monoisotopic (exact) mass is 765 g/mol. The van der Waals surface area contributed by atoms with Gasteiger partial charge in [0.25, 0.3) is 17.4 Å². The van der Waals surface area contributed by atoms with Crippen molar-refractivity contribution in [2.45, 2.75) is 76.8 Å². The van der Waals surface area contributed by atoms with Crippen LogP contribution in [0.2, 0.25) is 0 Å². The summed E-state index contributed by atoms with van der Waals surface area (Å²) in [5.74, 6) is -0.0543. The molecule has 2 aromatic heterocycles. The highest BCUT2D eigenvalue weighted by molar-refractivity contribution is 6.23. The van der Waals surface area contributed by atoms with E-state index in [0.717, 1.165) is 83.9 Å². The van der Waals surface area contributed by atoms with E-state index in [-0.39, 0.29) is 23.9 Å². The van der Waals surface area contributed by atoms with Gasteiger partial charge in [-0.05, 0) is 67.5 Å². The number of benzene rings is 2. The molecule has 296 valence electrons. The number of fused-ring (bicyclic) bond motifs is 2. The van der Waals surface area contributed by atoms with Crippen molar-refractivity contribution in [1.29, 1.82) is 0 Å². The number of rotatable bonds is 18. The summed E-state index contributed by atoms with van der Waals surface area (Å²) in [7, 11) is 6.64. The molecule has 14 heteroatoms. The van der Waals surface area contributed by atoms with Crippen molar-refractivity contribution < 1.29 is 28.7 Å². The molecule has 1 fully saturated rings. The first-order valence-electron chi connectivity index (χ1n) is 19.3. The zero-order chi connectivity index (χ0) is 39.9. The van der Waals surface area contributed by atoms with Gasteiger partial charge in [-0.3, -0.25) is 33.6 Å². The van der Waals surface area contributed by atoms with Crippen LogP contribution in [0.4, 0.5) is 0 Å². The number of aryl methyl sites for hydroxylation is 3. The fourth-order valence-corrected chi connectivity index (χ4v) is 7.60. The summed E-state index contributed by atoms with van der Waals surface area (Å²) in [4.78, 5) is 65.0. The minimum absolute atomic E-state index is 0.0835. The molecule has 0 aliphatic carbocycles. The predicted octanol–water partition coefficient (Wildman–Crippen LogP) is 4.52. The lowest BCUT2D eigenvalue weighted by Gasteiger charge is -2.29. The average molecular weight is 766 g/mol. The van der Waals surface area contributed by atoms with Crippen LogP contribution >= 0.6 is 0 Å². The number of nitrogens with zero attached hydrogens (tertiary/aromatic N) is 4. The molecule has 0 saturated carbocycles. The molecule has 1 atom stereocenters. The van der Waals surface area contributed by atoms with E-state index in [2.05, 4.69) is 27.6 Å². The molecule has 2 aliphatic rings. The summed E-state index contributed by atoms with van der Waals surface area (Å²) in [5, 5.41) is 13.9. The van der Waals surface area contributed by atoms with Gasteiger partial charge >= 0.3 is 0 Å². The van der Waals surface area contributed by atoms with Gasteiger partial charge in [0, 0.05) is 55.6 Å². The molecule has 2 aliphatic heterocycles. The first kappa shape index (κ1) is 39.9. The van der Waals surface area contributed by atoms with Crippen molar-refractivity contribution in [2.75, 3.05) is 27.3 Å². The largest absolute Gasteiger partial charge is 0.496 e. The minimum Gasteiger partial charge on any atom is -0.496 e. The number of ether oxygens (including phenoxy) is 2. The van der Waals surface area contributed by atoms with Crippen LogP contribution < -0.4 is 31.0 Å². The van der Waals surface area contributed by atoms with Gasteiger partial charge in [-0.2, -0.15) is 5.10 Å². The number of carbonyl (C=O) groups excluding carboxylic acids is 4. The number of nitrogens with one attached hydrogen (secondary N) is 3. The second kappa shape index (κ2) is 17.8.